The van der Waals surface area contributed by atoms with E-state index in [1.165, 1.54) is 31.1 Å². The van der Waals surface area contributed by atoms with Gasteiger partial charge >= 0.3 is 0 Å². The number of rotatable bonds is 0. The lowest BCUT2D eigenvalue weighted by molar-refractivity contribution is 0.277. The minimum absolute atomic E-state index is 0. The van der Waals surface area contributed by atoms with Gasteiger partial charge in [0.2, 0.25) is 0 Å². The molecule has 2 unspecified atom stereocenters. The Balaban J connectivity index is 0.000000500. The monoisotopic (exact) mass is 196 g/mol. The molecular weight excluding hydrogens is 179 g/mol. The van der Waals surface area contributed by atoms with Crippen molar-refractivity contribution in [2.45, 2.75) is 44.9 Å². The predicted molar refractivity (Wildman–Crippen MR) is 53.8 cm³/mol. The molecule has 2 heteroatoms. The summed E-state index contributed by atoms with van der Waals surface area (Å²) in [5.41, 5.74) is 0. The van der Waals surface area contributed by atoms with Crippen LogP contribution in [0.1, 0.15) is 44.9 Å². The second-order valence-electron chi connectivity index (χ2n) is 3.74. The summed E-state index contributed by atoms with van der Waals surface area (Å²) >= 11 is 0. The molecule has 0 aliphatic heterocycles. The molecule has 0 aromatic heterocycles. The lowest BCUT2D eigenvalue weighted by atomic mass is 9.82. The Morgan fingerprint density at radius 3 is 1.36 bits per heavy atom. The van der Waals surface area contributed by atoms with Crippen LogP contribution in [-0.2, 0) is 0 Å². The van der Waals surface area contributed by atoms with Crippen molar-refractivity contribution in [2.24, 2.45) is 11.8 Å². The summed E-state index contributed by atoms with van der Waals surface area (Å²) in [6.45, 7) is 0. The molecule has 0 radical (unpaired) electrons. The Morgan fingerprint density at radius 1 is 0.545 bits per heavy atom. The molecule has 11 heavy (non-hydrogen) atoms. The lowest BCUT2D eigenvalue weighted by Gasteiger charge is -2.24. The van der Waals surface area contributed by atoms with Crippen LogP contribution in [-0.4, -0.2) is 0 Å². The molecular formula is C9H18Cl2. The molecule has 2 rings (SSSR count). The summed E-state index contributed by atoms with van der Waals surface area (Å²) in [7, 11) is 0. The van der Waals surface area contributed by atoms with Gasteiger partial charge in [0.25, 0.3) is 0 Å². The molecule has 2 fully saturated rings. The van der Waals surface area contributed by atoms with E-state index in [0.717, 1.165) is 0 Å². The highest BCUT2D eigenvalue weighted by Gasteiger charge is 2.28. The first-order valence-electron chi connectivity index (χ1n) is 4.47. The maximum atomic E-state index is 1.56. The van der Waals surface area contributed by atoms with Crippen molar-refractivity contribution in [3.8, 4) is 0 Å². The Labute approximate surface area is 82.0 Å². The van der Waals surface area contributed by atoms with Crippen molar-refractivity contribution in [1.29, 1.82) is 0 Å². The van der Waals surface area contributed by atoms with Crippen LogP contribution in [0, 0.1) is 11.8 Å². The number of hydrogen-bond acceptors (Lipinski definition) is 0. The smallest absolute Gasteiger partial charge is 0.0386 e. The van der Waals surface area contributed by atoms with E-state index in [2.05, 4.69) is 0 Å². The number of hydrogen-bond donors (Lipinski definition) is 0. The van der Waals surface area contributed by atoms with E-state index in [1.807, 2.05) is 0 Å². The van der Waals surface area contributed by atoms with Crippen LogP contribution in [0.2, 0.25) is 0 Å². The molecule has 0 aromatic rings. The van der Waals surface area contributed by atoms with Gasteiger partial charge in [-0.1, -0.05) is 44.9 Å². The van der Waals surface area contributed by atoms with Gasteiger partial charge in [-0.05, 0) is 11.8 Å². The fourth-order valence-corrected chi connectivity index (χ4v) is 2.69. The normalized spacial score (nSPS) is 34.9. The van der Waals surface area contributed by atoms with Gasteiger partial charge < -0.3 is 0 Å². The van der Waals surface area contributed by atoms with Gasteiger partial charge in [0.15, 0.2) is 0 Å². The third-order valence-electron chi connectivity index (χ3n) is 3.22. The van der Waals surface area contributed by atoms with Gasteiger partial charge in [0.1, 0.15) is 0 Å². The number of halogens is 2. The zero-order chi connectivity index (χ0) is 6.10. The Hall–Kier alpha value is 0.580. The molecule has 0 heterocycles. The van der Waals surface area contributed by atoms with Crippen molar-refractivity contribution in [3.63, 3.8) is 0 Å². The zero-order valence-electron chi connectivity index (χ0n) is 6.92. The van der Waals surface area contributed by atoms with Crippen LogP contribution in [0.25, 0.3) is 0 Å². The molecule has 0 saturated heterocycles. The van der Waals surface area contributed by atoms with Crippen LogP contribution in [0.15, 0.2) is 0 Å². The van der Waals surface area contributed by atoms with Gasteiger partial charge in [-0.15, -0.1) is 24.8 Å². The van der Waals surface area contributed by atoms with Crippen LogP contribution in [0.4, 0.5) is 0 Å². The van der Waals surface area contributed by atoms with Gasteiger partial charge in [0.05, 0.1) is 0 Å². The van der Waals surface area contributed by atoms with Crippen LogP contribution >= 0.6 is 24.8 Å². The average Bonchev–Trinajstić information content (AvgIpc) is 2.33. The predicted octanol–water partition coefficient (Wildman–Crippen LogP) is 3.82. The standard InChI is InChI=1S/C9H16.2ClH/c1-2-5-9-7-3-6-8(9)4-1;;/h8-9H,1-7H2;2*1H. The van der Waals surface area contributed by atoms with Crippen molar-refractivity contribution in [2.75, 3.05) is 0 Å². The second-order valence-corrected chi connectivity index (χ2v) is 3.74. The Kier molecular flexibility index (Phi) is 5.54. The quantitative estimate of drug-likeness (QED) is 0.553. The van der Waals surface area contributed by atoms with E-state index in [0.29, 0.717) is 0 Å². The Bertz CT molecular complexity index is 91.7. The van der Waals surface area contributed by atoms with Crippen LogP contribution < -0.4 is 0 Å². The van der Waals surface area contributed by atoms with Crippen molar-refractivity contribution < 1.29 is 0 Å². The molecule has 0 N–H and O–H groups in total. The van der Waals surface area contributed by atoms with E-state index < -0.39 is 0 Å². The number of fused-ring (bicyclic) bond motifs is 1. The van der Waals surface area contributed by atoms with E-state index in [-0.39, 0.29) is 24.8 Å². The SMILES string of the molecule is C1CCC2CCCC2C1.Cl.Cl. The molecule has 2 saturated carbocycles. The largest absolute Gasteiger partial charge is 0.147 e. The highest BCUT2D eigenvalue weighted by molar-refractivity contribution is 5.85. The third-order valence-corrected chi connectivity index (χ3v) is 3.22. The van der Waals surface area contributed by atoms with Gasteiger partial charge in [-0.3, -0.25) is 0 Å². The molecule has 0 spiro atoms. The van der Waals surface area contributed by atoms with Gasteiger partial charge in [-0.25, -0.2) is 0 Å². The lowest BCUT2D eigenvalue weighted by Crippen LogP contribution is -2.12. The topological polar surface area (TPSA) is 0 Å². The van der Waals surface area contributed by atoms with Crippen LogP contribution in [0.5, 0.6) is 0 Å². The fourth-order valence-electron chi connectivity index (χ4n) is 2.69. The van der Waals surface area contributed by atoms with Crippen LogP contribution in [0.3, 0.4) is 0 Å². The maximum Gasteiger partial charge on any atom is -0.0386 e. The average molecular weight is 197 g/mol. The molecule has 2 aliphatic carbocycles. The molecule has 0 bridgehead atoms. The first kappa shape index (κ1) is 11.6. The van der Waals surface area contributed by atoms with Gasteiger partial charge in [-0.2, -0.15) is 0 Å². The summed E-state index contributed by atoms with van der Waals surface area (Å²) in [5, 5.41) is 0. The fraction of sp³-hybridized carbons (Fsp3) is 1.00. The summed E-state index contributed by atoms with van der Waals surface area (Å²) in [5.74, 6) is 2.33. The zero-order valence-corrected chi connectivity index (χ0v) is 8.55. The summed E-state index contributed by atoms with van der Waals surface area (Å²) < 4.78 is 0. The van der Waals surface area contributed by atoms with E-state index in [4.69, 9.17) is 0 Å². The minimum Gasteiger partial charge on any atom is -0.147 e. The molecule has 2 atom stereocenters. The molecule has 0 aromatic carbocycles. The molecule has 2 aliphatic rings. The third kappa shape index (κ3) is 2.52. The molecule has 0 nitrogen and oxygen atoms in total. The van der Waals surface area contributed by atoms with E-state index in [1.54, 1.807) is 25.7 Å². The highest BCUT2D eigenvalue weighted by atomic mass is 35.5. The summed E-state index contributed by atoms with van der Waals surface area (Å²) in [6.07, 6.45) is 10.8. The van der Waals surface area contributed by atoms with E-state index >= 15 is 0 Å². The summed E-state index contributed by atoms with van der Waals surface area (Å²) in [4.78, 5) is 0. The maximum absolute atomic E-state index is 1.56. The van der Waals surface area contributed by atoms with E-state index in [9.17, 15) is 0 Å². The first-order chi connectivity index (χ1) is 4.47. The first-order valence-corrected chi connectivity index (χ1v) is 4.47. The molecule has 0 amide bonds. The summed E-state index contributed by atoms with van der Waals surface area (Å²) in [6, 6.07) is 0. The van der Waals surface area contributed by atoms with Gasteiger partial charge in [0, 0.05) is 0 Å². The van der Waals surface area contributed by atoms with Crippen molar-refractivity contribution in [1.82, 2.24) is 0 Å². The second kappa shape index (κ2) is 5.27. The van der Waals surface area contributed by atoms with Crippen molar-refractivity contribution >= 4 is 24.8 Å². The Morgan fingerprint density at radius 2 is 0.909 bits per heavy atom. The minimum atomic E-state index is 0. The van der Waals surface area contributed by atoms with Crippen molar-refractivity contribution in [3.05, 3.63) is 0 Å². The highest BCUT2D eigenvalue weighted by Crippen LogP contribution is 2.41. The molecule has 68 valence electrons.